The molecule has 1 aliphatic heterocycles. The van der Waals surface area contributed by atoms with Gasteiger partial charge in [-0.25, -0.2) is 0 Å². The summed E-state index contributed by atoms with van der Waals surface area (Å²) >= 11 is 4.72. The molecule has 2 aromatic carbocycles. The van der Waals surface area contributed by atoms with Gasteiger partial charge >= 0.3 is 0 Å². The normalized spacial score (nSPS) is 14.6. The Bertz CT molecular complexity index is 1000. The van der Waals surface area contributed by atoms with Crippen LogP contribution in [0, 0.1) is 0 Å². The van der Waals surface area contributed by atoms with Gasteiger partial charge in [0, 0.05) is 42.0 Å². The summed E-state index contributed by atoms with van der Waals surface area (Å²) in [4.78, 5) is 17.3. The van der Waals surface area contributed by atoms with E-state index in [0.717, 1.165) is 48.6 Å². The number of carbonyl (C=O) groups excluding carboxylic acids is 1. The molecule has 0 aliphatic carbocycles. The van der Waals surface area contributed by atoms with Gasteiger partial charge in [0.2, 0.25) is 11.1 Å². The highest BCUT2D eigenvalue weighted by molar-refractivity contribution is 9.10. The van der Waals surface area contributed by atoms with Gasteiger partial charge in [0.15, 0.2) is 0 Å². The Morgan fingerprint density at radius 2 is 1.71 bits per heavy atom. The molecule has 1 saturated heterocycles. The van der Waals surface area contributed by atoms with Crippen molar-refractivity contribution < 1.29 is 4.79 Å². The SMILES string of the molecule is CCN1CCN(c2ccc(NC(=O)CSc3nnnn3-c3ccc(Br)cc3)cc2)CC1. The van der Waals surface area contributed by atoms with Crippen molar-refractivity contribution in [2.24, 2.45) is 0 Å². The number of nitrogens with one attached hydrogen (secondary N) is 1. The van der Waals surface area contributed by atoms with Crippen LogP contribution < -0.4 is 10.2 Å². The summed E-state index contributed by atoms with van der Waals surface area (Å²) in [5.74, 6) is 0.122. The van der Waals surface area contributed by atoms with Gasteiger partial charge in [0.25, 0.3) is 0 Å². The second kappa shape index (κ2) is 10.3. The molecule has 2 heterocycles. The third-order valence-corrected chi connectivity index (χ3v) is 6.63. The first-order valence-electron chi connectivity index (χ1n) is 10.2. The summed E-state index contributed by atoms with van der Waals surface area (Å²) in [6.07, 6.45) is 0. The van der Waals surface area contributed by atoms with Crippen LogP contribution in [0.25, 0.3) is 5.69 Å². The summed E-state index contributed by atoms with van der Waals surface area (Å²) in [6.45, 7) is 7.54. The van der Waals surface area contributed by atoms with Crippen LogP contribution in [0.15, 0.2) is 58.2 Å². The van der Waals surface area contributed by atoms with E-state index in [2.05, 4.69) is 65.6 Å². The molecule has 0 unspecified atom stereocenters. The number of piperazine rings is 1. The van der Waals surface area contributed by atoms with Crippen molar-refractivity contribution in [3.05, 3.63) is 53.0 Å². The lowest BCUT2D eigenvalue weighted by Gasteiger charge is -2.35. The van der Waals surface area contributed by atoms with E-state index in [9.17, 15) is 4.79 Å². The number of halogens is 1. The van der Waals surface area contributed by atoms with E-state index in [-0.39, 0.29) is 11.7 Å². The zero-order valence-electron chi connectivity index (χ0n) is 17.2. The fraction of sp³-hybridized carbons (Fsp3) is 0.333. The lowest BCUT2D eigenvalue weighted by molar-refractivity contribution is -0.113. The van der Waals surface area contributed by atoms with E-state index in [0.29, 0.717) is 5.16 Å². The number of likely N-dealkylation sites (N-methyl/N-ethyl adjacent to an activating group) is 1. The minimum atomic E-state index is -0.0975. The maximum atomic E-state index is 12.4. The number of hydrogen-bond donors (Lipinski definition) is 1. The van der Waals surface area contributed by atoms with Gasteiger partial charge in [-0.1, -0.05) is 34.6 Å². The molecule has 0 saturated carbocycles. The molecule has 1 aromatic heterocycles. The molecule has 1 fully saturated rings. The zero-order chi connectivity index (χ0) is 21.6. The third kappa shape index (κ3) is 5.63. The van der Waals surface area contributed by atoms with Gasteiger partial charge in [0.05, 0.1) is 11.4 Å². The van der Waals surface area contributed by atoms with Crippen molar-refractivity contribution in [2.75, 3.05) is 48.7 Å². The smallest absolute Gasteiger partial charge is 0.234 e. The molecule has 0 bridgehead atoms. The topological polar surface area (TPSA) is 79.2 Å². The number of amides is 1. The molecule has 10 heteroatoms. The lowest BCUT2D eigenvalue weighted by atomic mass is 10.2. The number of anilines is 2. The van der Waals surface area contributed by atoms with Crippen molar-refractivity contribution in [3.8, 4) is 5.69 Å². The number of thioether (sulfide) groups is 1. The number of aromatic nitrogens is 4. The highest BCUT2D eigenvalue weighted by atomic mass is 79.9. The fourth-order valence-corrected chi connectivity index (χ4v) is 4.37. The lowest BCUT2D eigenvalue weighted by Crippen LogP contribution is -2.46. The molecule has 162 valence electrons. The van der Waals surface area contributed by atoms with Gasteiger partial charge in [-0.15, -0.1) is 5.10 Å². The number of rotatable bonds is 7. The monoisotopic (exact) mass is 501 g/mol. The van der Waals surface area contributed by atoms with Crippen LogP contribution in [0.4, 0.5) is 11.4 Å². The summed E-state index contributed by atoms with van der Waals surface area (Å²) in [6, 6.07) is 15.7. The maximum absolute atomic E-state index is 12.4. The number of tetrazole rings is 1. The van der Waals surface area contributed by atoms with Crippen LogP contribution >= 0.6 is 27.7 Å². The Balaban J connectivity index is 1.30. The molecule has 4 rings (SSSR count). The molecule has 31 heavy (non-hydrogen) atoms. The molecule has 3 aromatic rings. The molecule has 0 spiro atoms. The third-order valence-electron chi connectivity index (χ3n) is 5.18. The Morgan fingerprint density at radius 1 is 1.03 bits per heavy atom. The van der Waals surface area contributed by atoms with Crippen molar-refractivity contribution in [1.29, 1.82) is 0 Å². The highest BCUT2D eigenvalue weighted by Crippen LogP contribution is 2.22. The van der Waals surface area contributed by atoms with Crippen LogP contribution in [0.5, 0.6) is 0 Å². The summed E-state index contributed by atoms with van der Waals surface area (Å²) in [7, 11) is 0. The van der Waals surface area contributed by atoms with Gasteiger partial charge in [-0.3, -0.25) is 4.79 Å². The van der Waals surface area contributed by atoms with Crippen LogP contribution in [0.3, 0.4) is 0 Å². The van der Waals surface area contributed by atoms with Crippen molar-refractivity contribution >= 4 is 45.0 Å². The van der Waals surface area contributed by atoms with Gasteiger partial charge in [-0.05, 0) is 65.5 Å². The minimum Gasteiger partial charge on any atom is -0.369 e. The fourth-order valence-electron chi connectivity index (χ4n) is 3.42. The van der Waals surface area contributed by atoms with Crippen molar-refractivity contribution in [3.63, 3.8) is 0 Å². The molecular formula is C21H24BrN7OS. The first-order valence-corrected chi connectivity index (χ1v) is 11.9. The van der Waals surface area contributed by atoms with Crippen LogP contribution in [-0.4, -0.2) is 69.5 Å². The van der Waals surface area contributed by atoms with Crippen LogP contribution in [-0.2, 0) is 4.79 Å². The average molecular weight is 502 g/mol. The maximum Gasteiger partial charge on any atom is 0.234 e. The minimum absolute atomic E-state index is 0.0975. The van der Waals surface area contributed by atoms with E-state index in [4.69, 9.17) is 0 Å². The summed E-state index contributed by atoms with van der Waals surface area (Å²) < 4.78 is 2.60. The molecule has 0 radical (unpaired) electrons. The van der Waals surface area contributed by atoms with E-state index >= 15 is 0 Å². The molecule has 1 amide bonds. The van der Waals surface area contributed by atoms with Gasteiger partial charge in [0.1, 0.15) is 0 Å². The Hall–Kier alpha value is -2.43. The van der Waals surface area contributed by atoms with E-state index in [1.54, 1.807) is 4.68 Å². The highest BCUT2D eigenvalue weighted by Gasteiger charge is 2.16. The first kappa shape index (κ1) is 21.8. The quantitative estimate of drug-likeness (QED) is 0.497. The average Bonchev–Trinajstić information content (AvgIpc) is 3.27. The molecule has 1 N–H and O–H groups in total. The first-order chi connectivity index (χ1) is 15.1. The molecule has 8 nitrogen and oxygen atoms in total. The Labute approximate surface area is 194 Å². The Kier molecular flexibility index (Phi) is 7.21. The zero-order valence-corrected chi connectivity index (χ0v) is 19.6. The van der Waals surface area contributed by atoms with Crippen molar-refractivity contribution in [2.45, 2.75) is 12.1 Å². The predicted molar refractivity (Wildman–Crippen MR) is 127 cm³/mol. The number of carbonyl (C=O) groups is 1. The second-order valence-corrected chi connectivity index (χ2v) is 9.01. The Morgan fingerprint density at radius 3 is 2.39 bits per heavy atom. The number of nitrogens with zero attached hydrogens (tertiary/aromatic N) is 6. The molecular weight excluding hydrogens is 478 g/mol. The molecule has 0 atom stereocenters. The second-order valence-electron chi connectivity index (χ2n) is 7.15. The predicted octanol–water partition coefficient (Wildman–Crippen LogP) is 3.30. The van der Waals surface area contributed by atoms with Crippen LogP contribution in [0.1, 0.15) is 6.92 Å². The van der Waals surface area contributed by atoms with Gasteiger partial charge in [-0.2, -0.15) is 4.68 Å². The van der Waals surface area contributed by atoms with E-state index in [1.165, 1.54) is 17.4 Å². The number of benzene rings is 2. The molecule has 1 aliphatic rings. The summed E-state index contributed by atoms with van der Waals surface area (Å²) in [5, 5.41) is 15.3. The van der Waals surface area contributed by atoms with E-state index in [1.807, 2.05) is 36.4 Å². The van der Waals surface area contributed by atoms with Gasteiger partial charge < -0.3 is 15.1 Å². The number of hydrogen-bond acceptors (Lipinski definition) is 7. The van der Waals surface area contributed by atoms with E-state index < -0.39 is 0 Å². The summed E-state index contributed by atoms with van der Waals surface area (Å²) in [5.41, 5.74) is 2.82. The standard InChI is InChI=1S/C21H24BrN7OS/c1-2-27-11-13-28(14-12-27)18-9-5-17(6-10-18)23-20(30)15-31-21-24-25-26-29(21)19-7-3-16(22)4-8-19/h3-10H,2,11-15H2,1H3,(H,23,30). The van der Waals surface area contributed by atoms with Crippen LogP contribution in [0.2, 0.25) is 0 Å². The largest absolute Gasteiger partial charge is 0.369 e. The van der Waals surface area contributed by atoms with Crippen molar-refractivity contribution in [1.82, 2.24) is 25.1 Å².